The van der Waals surface area contributed by atoms with E-state index in [9.17, 15) is 9.90 Å². The zero-order chi connectivity index (χ0) is 15.2. The van der Waals surface area contributed by atoms with E-state index in [4.69, 9.17) is 10.5 Å². The van der Waals surface area contributed by atoms with Crippen molar-refractivity contribution in [2.24, 2.45) is 5.73 Å². The van der Waals surface area contributed by atoms with Crippen molar-refractivity contribution in [3.63, 3.8) is 0 Å². The molecule has 0 atom stereocenters. The Morgan fingerprint density at radius 1 is 1.19 bits per heavy atom. The Morgan fingerprint density at radius 2 is 1.86 bits per heavy atom. The molecule has 0 saturated heterocycles. The summed E-state index contributed by atoms with van der Waals surface area (Å²) in [6, 6.07) is 11.5. The fraction of sp³-hybridized carbons (Fsp3) is 0.133. The summed E-state index contributed by atoms with van der Waals surface area (Å²) in [4.78, 5) is 10.7. The number of hydrogen-bond donors (Lipinski definition) is 4. The van der Waals surface area contributed by atoms with Gasteiger partial charge in [-0.3, -0.25) is 0 Å². The molecule has 0 fully saturated rings. The highest BCUT2D eigenvalue weighted by Gasteiger charge is 2.03. The number of nitrogens with one attached hydrogen (secondary N) is 2. The van der Waals surface area contributed by atoms with Crippen LogP contribution in [-0.2, 0) is 6.54 Å². The van der Waals surface area contributed by atoms with Gasteiger partial charge in [-0.2, -0.15) is 0 Å². The number of carbonyl (C=O) groups excluding carboxylic acids is 1. The van der Waals surface area contributed by atoms with Gasteiger partial charge >= 0.3 is 6.03 Å². The summed E-state index contributed by atoms with van der Waals surface area (Å²) in [6.07, 6.45) is 0. The predicted molar refractivity (Wildman–Crippen MR) is 81.6 cm³/mol. The van der Waals surface area contributed by atoms with E-state index >= 15 is 0 Å². The quantitative estimate of drug-likeness (QED) is 0.679. The van der Waals surface area contributed by atoms with Crippen LogP contribution in [0.15, 0.2) is 42.5 Å². The van der Waals surface area contributed by atoms with Gasteiger partial charge in [-0.15, -0.1) is 0 Å². The monoisotopic (exact) mass is 287 g/mol. The third-order valence-electron chi connectivity index (χ3n) is 2.92. The predicted octanol–water partition coefficient (Wildman–Crippen LogP) is 2.50. The molecule has 0 aromatic heterocycles. The summed E-state index contributed by atoms with van der Waals surface area (Å²) < 4.78 is 5.12. The summed E-state index contributed by atoms with van der Waals surface area (Å²) >= 11 is 0. The zero-order valence-corrected chi connectivity index (χ0v) is 11.6. The fourth-order valence-corrected chi connectivity index (χ4v) is 1.84. The molecule has 110 valence electrons. The van der Waals surface area contributed by atoms with Crippen molar-refractivity contribution in [1.29, 1.82) is 0 Å². The van der Waals surface area contributed by atoms with Crippen LogP contribution in [0, 0.1) is 0 Å². The van der Waals surface area contributed by atoms with Crippen molar-refractivity contribution in [3.8, 4) is 11.5 Å². The number of carbonyl (C=O) groups is 1. The second-order valence-electron chi connectivity index (χ2n) is 4.41. The lowest BCUT2D eigenvalue weighted by molar-refractivity contribution is 0.259. The first-order valence-electron chi connectivity index (χ1n) is 6.35. The first kappa shape index (κ1) is 14.5. The highest BCUT2D eigenvalue weighted by atomic mass is 16.5. The maximum atomic E-state index is 10.7. The maximum absolute atomic E-state index is 10.7. The third-order valence-corrected chi connectivity index (χ3v) is 2.92. The molecule has 6 heteroatoms. The molecule has 5 N–H and O–H groups in total. The lowest BCUT2D eigenvalue weighted by Gasteiger charge is -2.10. The van der Waals surface area contributed by atoms with Gasteiger partial charge < -0.3 is 26.2 Å². The molecule has 0 spiro atoms. The summed E-state index contributed by atoms with van der Waals surface area (Å²) in [5, 5.41) is 15.5. The van der Waals surface area contributed by atoms with E-state index in [0.29, 0.717) is 18.0 Å². The zero-order valence-electron chi connectivity index (χ0n) is 11.6. The number of hydrogen-bond acceptors (Lipinski definition) is 4. The molecule has 0 unspecified atom stereocenters. The van der Waals surface area contributed by atoms with Crippen molar-refractivity contribution >= 4 is 17.4 Å². The largest absolute Gasteiger partial charge is 0.508 e. The van der Waals surface area contributed by atoms with E-state index in [0.717, 1.165) is 11.3 Å². The number of ether oxygens (including phenoxy) is 1. The van der Waals surface area contributed by atoms with Crippen LogP contribution in [0.1, 0.15) is 5.56 Å². The average molecular weight is 287 g/mol. The van der Waals surface area contributed by atoms with Gasteiger partial charge in [0.15, 0.2) is 0 Å². The standard InChI is InChI=1S/C15H17N3O3/c1-21-13-6-7-14(19)10(8-13)9-17-11-2-4-12(5-3-11)18-15(16)20/h2-8,17,19H,9H2,1H3,(H3,16,18,20). The lowest BCUT2D eigenvalue weighted by atomic mass is 10.2. The fourth-order valence-electron chi connectivity index (χ4n) is 1.84. The number of amides is 2. The van der Waals surface area contributed by atoms with Crippen LogP contribution in [0.4, 0.5) is 16.2 Å². The number of methoxy groups -OCH3 is 1. The number of urea groups is 1. The highest BCUT2D eigenvalue weighted by Crippen LogP contribution is 2.24. The molecule has 2 amide bonds. The minimum Gasteiger partial charge on any atom is -0.508 e. The summed E-state index contributed by atoms with van der Waals surface area (Å²) in [5.74, 6) is 0.890. The van der Waals surface area contributed by atoms with Crippen LogP contribution in [0.2, 0.25) is 0 Å². The Bertz CT molecular complexity index is 627. The Labute approximate surface area is 122 Å². The molecule has 2 aromatic rings. The summed E-state index contributed by atoms with van der Waals surface area (Å²) in [5.41, 5.74) is 7.24. The number of aromatic hydroxyl groups is 1. The van der Waals surface area contributed by atoms with Crippen molar-refractivity contribution < 1.29 is 14.6 Å². The third kappa shape index (κ3) is 4.04. The Morgan fingerprint density at radius 3 is 2.48 bits per heavy atom. The van der Waals surface area contributed by atoms with Crippen LogP contribution < -0.4 is 21.1 Å². The minimum atomic E-state index is -0.600. The second-order valence-corrected chi connectivity index (χ2v) is 4.41. The minimum absolute atomic E-state index is 0.204. The molecule has 0 radical (unpaired) electrons. The van der Waals surface area contributed by atoms with Crippen LogP contribution in [0.25, 0.3) is 0 Å². The van der Waals surface area contributed by atoms with E-state index in [1.54, 1.807) is 37.4 Å². The first-order valence-corrected chi connectivity index (χ1v) is 6.35. The van der Waals surface area contributed by atoms with Gasteiger partial charge in [-0.05, 0) is 42.5 Å². The van der Waals surface area contributed by atoms with E-state index in [1.165, 1.54) is 0 Å². The SMILES string of the molecule is COc1ccc(O)c(CNc2ccc(NC(N)=O)cc2)c1. The highest BCUT2D eigenvalue weighted by molar-refractivity contribution is 5.87. The second kappa shape index (κ2) is 6.51. The number of primary amides is 1. The van der Waals surface area contributed by atoms with Crippen LogP contribution in [0.5, 0.6) is 11.5 Å². The van der Waals surface area contributed by atoms with Gasteiger partial charge in [0.25, 0.3) is 0 Å². The van der Waals surface area contributed by atoms with E-state index < -0.39 is 6.03 Å². The van der Waals surface area contributed by atoms with Gasteiger partial charge in [0.05, 0.1) is 7.11 Å². The number of anilines is 2. The molecule has 0 heterocycles. The molecule has 0 aliphatic rings. The normalized spacial score (nSPS) is 9.95. The van der Waals surface area contributed by atoms with Crippen molar-refractivity contribution in [1.82, 2.24) is 0 Å². The van der Waals surface area contributed by atoms with Crippen LogP contribution in [0.3, 0.4) is 0 Å². The lowest BCUT2D eigenvalue weighted by Crippen LogP contribution is -2.19. The van der Waals surface area contributed by atoms with Crippen molar-refractivity contribution in [2.75, 3.05) is 17.7 Å². The smallest absolute Gasteiger partial charge is 0.316 e. The number of phenolic OH excluding ortho intramolecular Hbond substituents is 1. The Hall–Kier alpha value is -2.89. The maximum Gasteiger partial charge on any atom is 0.316 e. The molecule has 21 heavy (non-hydrogen) atoms. The average Bonchev–Trinajstić information content (AvgIpc) is 2.47. The van der Waals surface area contributed by atoms with Crippen molar-refractivity contribution in [3.05, 3.63) is 48.0 Å². The Kier molecular flexibility index (Phi) is 4.50. The van der Waals surface area contributed by atoms with Crippen molar-refractivity contribution in [2.45, 2.75) is 6.54 Å². The molecular formula is C15H17N3O3. The topological polar surface area (TPSA) is 96.6 Å². The number of phenols is 1. The molecular weight excluding hydrogens is 270 g/mol. The van der Waals surface area contributed by atoms with Gasteiger partial charge in [0.1, 0.15) is 11.5 Å². The number of benzene rings is 2. The first-order chi connectivity index (χ1) is 10.1. The van der Waals surface area contributed by atoms with Gasteiger partial charge in [-0.1, -0.05) is 0 Å². The van der Waals surface area contributed by atoms with Crippen LogP contribution in [-0.4, -0.2) is 18.2 Å². The van der Waals surface area contributed by atoms with Gasteiger partial charge in [0.2, 0.25) is 0 Å². The number of nitrogens with two attached hydrogens (primary N) is 1. The van der Waals surface area contributed by atoms with E-state index in [-0.39, 0.29) is 5.75 Å². The number of rotatable bonds is 5. The molecule has 2 aromatic carbocycles. The van der Waals surface area contributed by atoms with E-state index in [1.807, 2.05) is 12.1 Å². The summed E-state index contributed by atoms with van der Waals surface area (Å²) in [6.45, 7) is 0.450. The Balaban J connectivity index is 2.01. The molecule has 0 aliphatic carbocycles. The molecule has 0 bridgehead atoms. The summed E-state index contributed by atoms with van der Waals surface area (Å²) in [7, 11) is 1.58. The van der Waals surface area contributed by atoms with Gasteiger partial charge in [0, 0.05) is 23.5 Å². The van der Waals surface area contributed by atoms with E-state index in [2.05, 4.69) is 10.6 Å². The molecule has 2 rings (SSSR count). The molecule has 0 saturated carbocycles. The van der Waals surface area contributed by atoms with Crippen LogP contribution >= 0.6 is 0 Å². The molecule has 0 aliphatic heterocycles. The van der Waals surface area contributed by atoms with Gasteiger partial charge in [-0.25, -0.2) is 4.79 Å². The molecule has 6 nitrogen and oxygen atoms in total.